The number of nitrogens with one attached hydrogen (secondary N) is 1. The molecule has 158 valence electrons. The van der Waals surface area contributed by atoms with Crippen molar-refractivity contribution < 1.29 is 14.7 Å². The smallest absolute Gasteiger partial charge is 0.279 e. The van der Waals surface area contributed by atoms with Crippen LogP contribution in [0.4, 0.5) is 0 Å². The lowest BCUT2D eigenvalue weighted by Crippen LogP contribution is -2.50. The van der Waals surface area contributed by atoms with Gasteiger partial charge in [0.1, 0.15) is 0 Å². The summed E-state index contributed by atoms with van der Waals surface area (Å²) in [5.41, 5.74) is 0.453. The van der Waals surface area contributed by atoms with Gasteiger partial charge in [-0.1, -0.05) is 60.7 Å². The lowest BCUT2D eigenvalue weighted by Gasteiger charge is -2.36. The van der Waals surface area contributed by atoms with Crippen molar-refractivity contribution in [2.75, 3.05) is 6.54 Å². The van der Waals surface area contributed by atoms with Crippen LogP contribution in [0.5, 0.6) is 5.75 Å². The molecule has 2 heterocycles. The van der Waals surface area contributed by atoms with E-state index < -0.39 is 34.7 Å². The van der Waals surface area contributed by atoms with Crippen LogP contribution in [0.15, 0.2) is 71.7 Å². The van der Waals surface area contributed by atoms with Crippen molar-refractivity contribution >= 4 is 11.7 Å². The number of ketones is 1. The molecule has 1 saturated heterocycles. The molecule has 1 aliphatic rings. The summed E-state index contributed by atoms with van der Waals surface area (Å²) >= 11 is 0. The summed E-state index contributed by atoms with van der Waals surface area (Å²) in [6, 6.07) is 18.3. The van der Waals surface area contributed by atoms with Gasteiger partial charge < -0.3 is 10.0 Å². The fourth-order valence-electron chi connectivity index (χ4n) is 4.15. The molecule has 1 unspecified atom stereocenters. The average Bonchev–Trinajstić information content (AvgIpc) is 2.82. The molecule has 31 heavy (non-hydrogen) atoms. The summed E-state index contributed by atoms with van der Waals surface area (Å²) in [5, 5.41) is 15.8. The van der Waals surface area contributed by atoms with E-state index in [1.807, 2.05) is 60.7 Å². The number of piperidine rings is 1. The van der Waals surface area contributed by atoms with Gasteiger partial charge in [0.05, 0.1) is 18.2 Å². The van der Waals surface area contributed by atoms with Gasteiger partial charge in [0, 0.05) is 6.54 Å². The Balaban J connectivity index is 1.72. The van der Waals surface area contributed by atoms with Crippen LogP contribution in [0.2, 0.25) is 0 Å². The van der Waals surface area contributed by atoms with Gasteiger partial charge in [0.2, 0.25) is 0 Å². The number of nitrogens with zero attached hydrogens (tertiary/aromatic N) is 2. The number of H-pyrrole nitrogens is 1. The normalized spacial score (nSPS) is 16.3. The van der Waals surface area contributed by atoms with Gasteiger partial charge in [0.15, 0.2) is 17.2 Å². The fourth-order valence-corrected chi connectivity index (χ4v) is 4.15. The molecule has 1 atom stereocenters. The number of amides is 1. The minimum absolute atomic E-state index is 0.0953. The molecule has 2 N–H and O–H groups in total. The number of rotatable bonds is 5. The van der Waals surface area contributed by atoms with E-state index in [9.17, 15) is 19.5 Å². The van der Waals surface area contributed by atoms with Crippen molar-refractivity contribution in [1.82, 2.24) is 15.1 Å². The summed E-state index contributed by atoms with van der Waals surface area (Å²) in [6.07, 6.45) is 3.07. The Hall–Kier alpha value is -3.74. The Kier molecular flexibility index (Phi) is 5.93. The highest BCUT2D eigenvalue weighted by Crippen LogP contribution is 2.31. The first kappa shape index (κ1) is 20.5. The molecule has 1 amide bonds. The van der Waals surface area contributed by atoms with Crippen LogP contribution in [0.3, 0.4) is 0 Å². The first-order chi connectivity index (χ1) is 15.1. The largest absolute Gasteiger partial charge is 0.503 e. The summed E-state index contributed by atoms with van der Waals surface area (Å²) in [4.78, 5) is 40.7. The fraction of sp³-hybridized carbons (Fsp3) is 0.250. The molecule has 0 aliphatic carbocycles. The van der Waals surface area contributed by atoms with Crippen molar-refractivity contribution in [3.63, 3.8) is 0 Å². The number of carbonyl (C=O) groups is 2. The lowest BCUT2D eigenvalue weighted by molar-refractivity contribution is -0.125. The van der Waals surface area contributed by atoms with E-state index in [0.717, 1.165) is 30.2 Å². The molecule has 1 fully saturated rings. The molecule has 3 aromatic rings. The number of hydrogen-bond acceptors (Lipinski definition) is 5. The Morgan fingerprint density at radius 2 is 1.61 bits per heavy atom. The lowest BCUT2D eigenvalue weighted by atomic mass is 9.82. The van der Waals surface area contributed by atoms with Crippen molar-refractivity contribution in [3.05, 3.63) is 93.9 Å². The maximum atomic E-state index is 13.8. The number of benzene rings is 2. The zero-order valence-corrected chi connectivity index (χ0v) is 16.9. The molecule has 0 saturated carbocycles. The Morgan fingerprint density at radius 1 is 1.00 bits per heavy atom. The van der Waals surface area contributed by atoms with Crippen molar-refractivity contribution in [2.24, 2.45) is 0 Å². The van der Waals surface area contributed by atoms with E-state index in [1.54, 1.807) is 0 Å². The first-order valence-corrected chi connectivity index (χ1v) is 10.3. The highest BCUT2D eigenvalue weighted by Gasteiger charge is 2.38. The molecule has 2 aromatic carbocycles. The van der Waals surface area contributed by atoms with Gasteiger partial charge in [-0.15, -0.1) is 0 Å². The number of aromatic amines is 1. The summed E-state index contributed by atoms with van der Waals surface area (Å²) < 4.78 is 0. The molecule has 7 nitrogen and oxygen atoms in total. The van der Waals surface area contributed by atoms with Crippen LogP contribution in [-0.4, -0.2) is 44.5 Å². The summed E-state index contributed by atoms with van der Waals surface area (Å²) in [5.74, 6) is -1.85. The second-order valence-electron chi connectivity index (χ2n) is 7.62. The van der Waals surface area contributed by atoms with Crippen LogP contribution >= 0.6 is 0 Å². The van der Waals surface area contributed by atoms with E-state index in [2.05, 4.69) is 10.2 Å². The predicted molar refractivity (Wildman–Crippen MR) is 115 cm³/mol. The van der Waals surface area contributed by atoms with Crippen molar-refractivity contribution in [1.29, 1.82) is 0 Å². The molecule has 0 spiro atoms. The molecule has 0 bridgehead atoms. The second kappa shape index (κ2) is 8.95. The van der Waals surface area contributed by atoms with Crippen LogP contribution in [-0.2, 0) is 4.79 Å². The van der Waals surface area contributed by atoms with Crippen molar-refractivity contribution in [3.8, 4) is 5.75 Å². The molecule has 1 aliphatic heterocycles. The molecule has 4 rings (SSSR count). The van der Waals surface area contributed by atoms with Gasteiger partial charge in [-0.25, -0.2) is 0 Å². The van der Waals surface area contributed by atoms with Gasteiger partial charge in [-0.3, -0.25) is 19.5 Å². The van der Waals surface area contributed by atoms with Crippen LogP contribution < -0.4 is 5.43 Å². The van der Waals surface area contributed by atoms with Gasteiger partial charge in [-0.05, 0) is 30.4 Å². The highest BCUT2D eigenvalue weighted by atomic mass is 16.3. The van der Waals surface area contributed by atoms with E-state index >= 15 is 0 Å². The standard InChI is InChI=1S/C24H23N3O4/c28-19-15-25-26-21(23(19)30)24(31)27-14-8-7-13-18(27)22(29)20(16-9-3-1-4-10-16)17-11-5-2-6-12-17/h1-6,9-12,15,18,20H,7-8,13-14H2,(H,25,30)(H,26,28). The Bertz CT molecular complexity index is 1090. The van der Waals surface area contributed by atoms with E-state index in [1.165, 1.54) is 4.90 Å². The van der Waals surface area contributed by atoms with E-state index in [0.29, 0.717) is 13.0 Å². The van der Waals surface area contributed by atoms with Gasteiger partial charge >= 0.3 is 0 Å². The molecular formula is C24H23N3O4. The third-order valence-corrected chi connectivity index (χ3v) is 5.67. The molecule has 1 aromatic heterocycles. The zero-order chi connectivity index (χ0) is 21.8. The van der Waals surface area contributed by atoms with Crippen LogP contribution in [0.1, 0.15) is 46.8 Å². The van der Waals surface area contributed by atoms with Crippen LogP contribution in [0.25, 0.3) is 0 Å². The zero-order valence-electron chi connectivity index (χ0n) is 16.9. The third kappa shape index (κ3) is 4.12. The predicted octanol–water partition coefficient (Wildman–Crippen LogP) is 2.87. The molecule has 0 radical (unpaired) electrons. The molecular weight excluding hydrogens is 394 g/mol. The Morgan fingerprint density at radius 3 is 2.23 bits per heavy atom. The summed E-state index contributed by atoms with van der Waals surface area (Å²) in [7, 11) is 0. The van der Waals surface area contributed by atoms with Crippen LogP contribution in [0, 0.1) is 0 Å². The minimum atomic E-state index is -0.844. The minimum Gasteiger partial charge on any atom is -0.503 e. The van der Waals surface area contributed by atoms with Gasteiger partial charge in [0.25, 0.3) is 11.3 Å². The highest BCUT2D eigenvalue weighted by molar-refractivity contribution is 5.99. The van der Waals surface area contributed by atoms with Crippen molar-refractivity contribution in [2.45, 2.75) is 31.2 Å². The maximum absolute atomic E-state index is 13.8. The number of aromatic hydroxyl groups is 1. The van der Waals surface area contributed by atoms with E-state index in [4.69, 9.17) is 0 Å². The SMILES string of the molecule is O=C(C(c1ccccc1)c1ccccc1)C1CCCCN1C(=O)c1n[nH]cc(O)c1=O. The number of hydrogen-bond donors (Lipinski definition) is 2. The third-order valence-electron chi connectivity index (χ3n) is 5.67. The van der Waals surface area contributed by atoms with E-state index in [-0.39, 0.29) is 5.78 Å². The van der Waals surface area contributed by atoms with Gasteiger partial charge in [-0.2, -0.15) is 5.10 Å². The first-order valence-electron chi connectivity index (χ1n) is 10.3. The average molecular weight is 417 g/mol. The summed E-state index contributed by atoms with van der Waals surface area (Å²) in [6.45, 7) is 0.350. The quantitative estimate of drug-likeness (QED) is 0.664. The number of likely N-dealkylation sites (tertiary alicyclic amines) is 1. The number of Topliss-reactive ketones (excluding diaryl/α,β-unsaturated/α-hetero) is 1. The second-order valence-corrected chi connectivity index (χ2v) is 7.62. The Labute approximate surface area is 179 Å². The maximum Gasteiger partial charge on any atom is 0.279 e. The topological polar surface area (TPSA) is 103 Å². The monoisotopic (exact) mass is 417 g/mol. The molecule has 7 heteroatoms. The number of carbonyl (C=O) groups excluding carboxylic acids is 2. The number of aromatic nitrogens is 2.